The van der Waals surface area contributed by atoms with Crippen molar-refractivity contribution in [3.63, 3.8) is 0 Å². The first-order valence-electron chi connectivity index (χ1n) is 6.97. The maximum absolute atomic E-state index is 12.4. The van der Waals surface area contributed by atoms with Crippen molar-refractivity contribution in [1.29, 1.82) is 0 Å². The number of benzene rings is 2. The summed E-state index contributed by atoms with van der Waals surface area (Å²) in [5.41, 5.74) is 1.38. The maximum atomic E-state index is 12.4. The van der Waals surface area contributed by atoms with Crippen molar-refractivity contribution in [2.45, 2.75) is 11.8 Å². The Morgan fingerprint density at radius 1 is 1.17 bits per heavy atom. The van der Waals surface area contributed by atoms with Gasteiger partial charge in [-0.3, -0.25) is 4.79 Å². The first-order chi connectivity index (χ1) is 11.1. The molecular weight excluding hydrogens is 334 g/mol. The monoisotopic (exact) mass is 349 g/mol. The van der Waals surface area contributed by atoms with E-state index in [2.05, 4.69) is 5.32 Å². The number of thioether (sulfide) groups is 1. The predicted molar refractivity (Wildman–Crippen MR) is 93.6 cm³/mol. The van der Waals surface area contributed by atoms with Gasteiger partial charge in [0.25, 0.3) is 5.91 Å². The number of hydrogen-bond acceptors (Lipinski definition) is 4. The molecule has 0 saturated carbocycles. The Bertz CT molecular complexity index is 734. The van der Waals surface area contributed by atoms with Crippen LogP contribution in [-0.2, 0) is 4.74 Å². The Balaban J connectivity index is 2.19. The Morgan fingerprint density at radius 3 is 2.57 bits per heavy atom. The highest BCUT2D eigenvalue weighted by molar-refractivity contribution is 7.98. The molecule has 2 rings (SSSR count). The molecule has 0 radical (unpaired) electrons. The summed E-state index contributed by atoms with van der Waals surface area (Å²) >= 11 is 7.59. The van der Waals surface area contributed by atoms with Crippen molar-refractivity contribution < 1.29 is 14.3 Å². The van der Waals surface area contributed by atoms with E-state index in [4.69, 9.17) is 16.3 Å². The molecule has 0 spiro atoms. The minimum Gasteiger partial charge on any atom is -0.462 e. The highest BCUT2D eigenvalue weighted by Gasteiger charge is 2.14. The number of esters is 1. The zero-order valence-corrected chi connectivity index (χ0v) is 14.3. The van der Waals surface area contributed by atoms with Crippen LogP contribution in [0.2, 0.25) is 5.02 Å². The van der Waals surface area contributed by atoms with E-state index < -0.39 is 5.97 Å². The summed E-state index contributed by atoms with van der Waals surface area (Å²) in [6.07, 6.45) is 1.91. The number of halogens is 1. The number of amides is 1. The van der Waals surface area contributed by atoms with Crippen LogP contribution < -0.4 is 5.32 Å². The van der Waals surface area contributed by atoms with Crippen LogP contribution >= 0.6 is 23.4 Å². The van der Waals surface area contributed by atoms with Crippen molar-refractivity contribution >= 4 is 40.9 Å². The number of rotatable bonds is 5. The molecule has 0 heterocycles. The molecule has 0 aliphatic rings. The summed E-state index contributed by atoms with van der Waals surface area (Å²) in [5.74, 6) is -0.710. The molecule has 2 aromatic rings. The van der Waals surface area contributed by atoms with Gasteiger partial charge in [0.15, 0.2) is 0 Å². The molecule has 0 aromatic heterocycles. The second-order valence-corrected chi connectivity index (χ2v) is 5.82. The molecule has 0 aliphatic heterocycles. The number of nitrogens with one attached hydrogen (secondary N) is 1. The van der Waals surface area contributed by atoms with Crippen LogP contribution in [0.25, 0.3) is 0 Å². The van der Waals surface area contributed by atoms with Crippen LogP contribution in [0.5, 0.6) is 0 Å². The summed E-state index contributed by atoms with van der Waals surface area (Å²) in [6, 6.07) is 12.0. The summed E-state index contributed by atoms with van der Waals surface area (Å²) < 4.78 is 4.92. The van der Waals surface area contributed by atoms with E-state index in [1.54, 1.807) is 19.1 Å². The third-order valence-corrected chi connectivity index (χ3v) is 4.18. The molecule has 0 fully saturated rings. The van der Waals surface area contributed by atoms with E-state index in [-0.39, 0.29) is 23.1 Å². The second kappa shape index (κ2) is 8.04. The number of carbonyl (C=O) groups is 2. The molecule has 4 nitrogen and oxygen atoms in total. The Hall–Kier alpha value is -1.98. The normalized spacial score (nSPS) is 10.2. The van der Waals surface area contributed by atoms with Gasteiger partial charge < -0.3 is 10.1 Å². The van der Waals surface area contributed by atoms with Crippen molar-refractivity contribution in [3.8, 4) is 0 Å². The van der Waals surface area contributed by atoms with E-state index in [1.807, 2.05) is 24.5 Å². The van der Waals surface area contributed by atoms with Gasteiger partial charge in [-0.2, -0.15) is 0 Å². The summed E-state index contributed by atoms with van der Waals surface area (Å²) in [5, 5.41) is 3.02. The zero-order valence-electron chi connectivity index (χ0n) is 12.8. The number of carbonyl (C=O) groups excluding carboxylic acids is 2. The van der Waals surface area contributed by atoms with E-state index >= 15 is 0 Å². The third-order valence-electron chi connectivity index (χ3n) is 3.07. The van der Waals surface area contributed by atoms with Gasteiger partial charge in [0.1, 0.15) is 0 Å². The van der Waals surface area contributed by atoms with Gasteiger partial charge in [0, 0.05) is 10.6 Å². The molecule has 6 heteroatoms. The van der Waals surface area contributed by atoms with Crippen LogP contribution in [0.15, 0.2) is 47.4 Å². The van der Waals surface area contributed by atoms with Gasteiger partial charge in [0.2, 0.25) is 0 Å². The van der Waals surface area contributed by atoms with Crippen molar-refractivity contribution in [2.75, 3.05) is 18.2 Å². The summed E-state index contributed by atoms with van der Waals surface area (Å²) in [7, 11) is 0. The second-order valence-electron chi connectivity index (χ2n) is 4.57. The molecular formula is C17H16ClNO3S. The van der Waals surface area contributed by atoms with Crippen molar-refractivity contribution in [2.24, 2.45) is 0 Å². The SMILES string of the molecule is CCOC(=O)c1ccc(NC(=O)c2ccccc2SC)cc1Cl. The number of hydrogen-bond donors (Lipinski definition) is 1. The molecule has 0 saturated heterocycles. The first kappa shape index (κ1) is 17.4. The minimum atomic E-state index is -0.483. The topological polar surface area (TPSA) is 55.4 Å². The van der Waals surface area contributed by atoms with Gasteiger partial charge in [-0.05, 0) is 43.5 Å². The first-order valence-corrected chi connectivity index (χ1v) is 8.58. The molecule has 1 N–H and O–H groups in total. The number of anilines is 1. The smallest absolute Gasteiger partial charge is 0.339 e. The lowest BCUT2D eigenvalue weighted by atomic mass is 10.1. The molecule has 2 aromatic carbocycles. The highest BCUT2D eigenvalue weighted by Crippen LogP contribution is 2.24. The van der Waals surface area contributed by atoms with Crippen LogP contribution in [0.1, 0.15) is 27.6 Å². The molecule has 120 valence electrons. The maximum Gasteiger partial charge on any atom is 0.339 e. The zero-order chi connectivity index (χ0) is 16.8. The van der Waals surface area contributed by atoms with Crippen molar-refractivity contribution in [3.05, 3.63) is 58.6 Å². The van der Waals surface area contributed by atoms with E-state index in [0.717, 1.165) is 4.90 Å². The van der Waals surface area contributed by atoms with Gasteiger partial charge in [0.05, 0.1) is 22.8 Å². The molecule has 1 amide bonds. The fourth-order valence-corrected chi connectivity index (χ4v) is 2.85. The Kier molecular flexibility index (Phi) is 6.07. The molecule has 0 atom stereocenters. The lowest BCUT2D eigenvalue weighted by Gasteiger charge is -2.10. The van der Waals surface area contributed by atoms with Crippen LogP contribution in [0, 0.1) is 0 Å². The highest BCUT2D eigenvalue weighted by atomic mass is 35.5. The molecule has 0 unspecified atom stereocenters. The quantitative estimate of drug-likeness (QED) is 0.638. The molecule has 23 heavy (non-hydrogen) atoms. The number of ether oxygens (including phenoxy) is 1. The van der Waals surface area contributed by atoms with Crippen LogP contribution in [0.4, 0.5) is 5.69 Å². The van der Waals surface area contributed by atoms with E-state index in [1.165, 1.54) is 23.9 Å². The average molecular weight is 350 g/mol. The molecule has 0 aliphatic carbocycles. The fraction of sp³-hybridized carbons (Fsp3) is 0.176. The lowest BCUT2D eigenvalue weighted by Crippen LogP contribution is -2.13. The average Bonchev–Trinajstić information content (AvgIpc) is 2.55. The van der Waals surface area contributed by atoms with Crippen LogP contribution in [-0.4, -0.2) is 24.7 Å². The predicted octanol–water partition coefficient (Wildman–Crippen LogP) is 4.49. The van der Waals surface area contributed by atoms with Gasteiger partial charge in [-0.25, -0.2) is 4.79 Å². The van der Waals surface area contributed by atoms with Gasteiger partial charge in [-0.1, -0.05) is 23.7 Å². The van der Waals surface area contributed by atoms with Gasteiger partial charge >= 0.3 is 5.97 Å². The van der Waals surface area contributed by atoms with E-state index in [0.29, 0.717) is 11.3 Å². The Labute approximate surface area is 144 Å². The third kappa shape index (κ3) is 4.27. The minimum absolute atomic E-state index is 0.227. The lowest BCUT2D eigenvalue weighted by molar-refractivity contribution is 0.0526. The van der Waals surface area contributed by atoms with Crippen molar-refractivity contribution in [1.82, 2.24) is 0 Å². The fourth-order valence-electron chi connectivity index (χ4n) is 2.00. The summed E-state index contributed by atoms with van der Waals surface area (Å²) in [6.45, 7) is 2.00. The van der Waals surface area contributed by atoms with E-state index in [9.17, 15) is 9.59 Å². The standard InChI is InChI=1S/C17H16ClNO3S/c1-3-22-17(21)12-9-8-11(10-14(12)18)19-16(20)13-6-4-5-7-15(13)23-2/h4-10H,3H2,1-2H3,(H,19,20). The Morgan fingerprint density at radius 2 is 1.91 bits per heavy atom. The summed E-state index contributed by atoms with van der Waals surface area (Å²) in [4.78, 5) is 25.0. The van der Waals surface area contributed by atoms with Gasteiger partial charge in [-0.15, -0.1) is 11.8 Å². The van der Waals surface area contributed by atoms with Crippen LogP contribution in [0.3, 0.4) is 0 Å². The largest absolute Gasteiger partial charge is 0.462 e. The molecule has 0 bridgehead atoms.